The Labute approximate surface area is 209 Å². The summed E-state index contributed by atoms with van der Waals surface area (Å²) in [6.07, 6.45) is 1.49. The zero-order chi connectivity index (χ0) is 26.3. The highest BCUT2D eigenvalue weighted by Crippen LogP contribution is 2.23. The van der Waals surface area contributed by atoms with Crippen LogP contribution in [0, 0.1) is 11.3 Å². The molecule has 0 saturated heterocycles. The number of nitrogens with one attached hydrogen (secondary N) is 1. The van der Waals surface area contributed by atoms with Crippen LogP contribution in [0.3, 0.4) is 0 Å². The van der Waals surface area contributed by atoms with Gasteiger partial charge in [0.15, 0.2) is 0 Å². The molecule has 186 valence electrons. The molecule has 3 aromatic rings. The largest absolute Gasteiger partial charge is 0.396 e. The molecule has 11 nitrogen and oxygen atoms in total. The van der Waals surface area contributed by atoms with Crippen LogP contribution in [0.5, 0.6) is 0 Å². The Kier molecular flexibility index (Phi) is 8.29. The number of carbonyl (C=O) groups excluding carboxylic acids is 1. The summed E-state index contributed by atoms with van der Waals surface area (Å²) in [4.78, 5) is 25.5. The van der Waals surface area contributed by atoms with Gasteiger partial charge in [0.05, 0.1) is 53.3 Å². The minimum atomic E-state index is -1.65. The maximum atomic E-state index is 12.3. The standard InChI is InChI=1S/C25H28N8O3/c1-25(2,35)23(34)32-24-30-21(17-7-4-6-16(10-17)12-26)11-22(31-24)20(27)14-33(28)13-18-8-5-9-19(29-18)15-36-3/h4-11,14,35H,13,15,27-28H2,1-3H3,(H,30,31,32,34)/b20-14-. The van der Waals surface area contributed by atoms with Gasteiger partial charge in [0, 0.05) is 18.9 Å². The summed E-state index contributed by atoms with van der Waals surface area (Å²) in [5.41, 5.74) is 8.09. The van der Waals surface area contributed by atoms with Gasteiger partial charge in [0.1, 0.15) is 5.60 Å². The van der Waals surface area contributed by atoms with Gasteiger partial charge in [-0.15, -0.1) is 0 Å². The molecule has 0 saturated carbocycles. The molecule has 0 aliphatic rings. The van der Waals surface area contributed by atoms with Crippen molar-refractivity contribution in [3.8, 4) is 17.3 Å². The molecular weight excluding hydrogens is 460 g/mol. The molecule has 0 radical (unpaired) electrons. The number of nitrogens with two attached hydrogens (primary N) is 2. The van der Waals surface area contributed by atoms with E-state index in [1.54, 1.807) is 37.4 Å². The van der Waals surface area contributed by atoms with E-state index in [4.69, 9.17) is 16.3 Å². The Balaban J connectivity index is 1.95. The van der Waals surface area contributed by atoms with Crippen molar-refractivity contribution in [1.82, 2.24) is 20.0 Å². The number of amides is 1. The normalized spacial score (nSPS) is 11.6. The van der Waals surface area contributed by atoms with Gasteiger partial charge >= 0.3 is 0 Å². The molecule has 0 unspecified atom stereocenters. The van der Waals surface area contributed by atoms with E-state index in [1.165, 1.54) is 25.1 Å². The van der Waals surface area contributed by atoms with Gasteiger partial charge < -0.3 is 20.6 Å². The van der Waals surface area contributed by atoms with E-state index >= 15 is 0 Å². The van der Waals surface area contributed by atoms with E-state index in [9.17, 15) is 15.2 Å². The van der Waals surface area contributed by atoms with Gasteiger partial charge in [-0.1, -0.05) is 18.2 Å². The van der Waals surface area contributed by atoms with Crippen molar-refractivity contribution in [1.29, 1.82) is 5.26 Å². The molecule has 0 atom stereocenters. The van der Waals surface area contributed by atoms with E-state index < -0.39 is 11.5 Å². The van der Waals surface area contributed by atoms with Crippen molar-refractivity contribution in [2.24, 2.45) is 11.6 Å². The lowest BCUT2D eigenvalue weighted by Gasteiger charge is -2.17. The van der Waals surface area contributed by atoms with E-state index in [2.05, 4.69) is 26.3 Å². The van der Waals surface area contributed by atoms with Gasteiger partial charge in [-0.3, -0.25) is 15.1 Å². The molecule has 0 bridgehead atoms. The number of hydrogen-bond donors (Lipinski definition) is 4. The molecule has 36 heavy (non-hydrogen) atoms. The molecule has 1 aromatic carbocycles. The van der Waals surface area contributed by atoms with Crippen LogP contribution >= 0.6 is 0 Å². The average Bonchev–Trinajstić information content (AvgIpc) is 2.83. The molecule has 0 fully saturated rings. The summed E-state index contributed by atoms with van der Waals surface area (Å²) in [6.45, 7) is 3.34. The van der Waals surface area contributed by atoms with Crippen LogP contribution in [0.2, 0.25) is 0 Å². The predicted molar refractivity (Wildman–Crippen MR) is 134 cm³/mol. The van der Waals surface area contributed by atoms with Gasteiger partial charge in [0.25, 0.3) is 5.91 Å². The van der Waals surface area contributed by atoms with Crippen molar-refractivity contribution in [3.63, 3.8) is 0 Å². The molecule has 6 N–H and O–H groups in total. The topological polar surface area (TPSA) is 176 Å². The zero-order valence-corrected chi connectivity index (χ0v) is 20.3. The summed E-state index contributed by atoms with van der Waals surface area (Å²) in [5, 5.41) is 23.1. The molecule has 3 rings (SSSR count). The second-order valence-electron chi connectivity index (χ2n) is 8.48. The maximum Gasteiger partial charge on any atom is 0.258 e. The highest BCUT2D eigenvalue weighted by atomic mass is 16.5. The second-order valence-corrected chi connectivity index (χ2v) is 8.48. The minimum absolute atomic E-state index is 0.0640. The van der Waals surface area contributed by atoms with Crippen LogP contribution in [0.1, 0.15) is 36.5 Å². The van der Waals surface area contributed by atoms with E-state index in [1.807, 2.05) is 18.2 Å². The Morgan fingerprint density at radius 3 is 2.61 bits per heavy atom. The number of rotatable bonds is 9. The van der Waals surface area contributed by atoms with Crippen LogP contribution in [-0.2, 0) is 22.7 Å². The molecule has 0 spiro atoms. The van der Waals surface area contributed by atoms with E-state index in [0.29, 0.717) is 29.1 Å². The SMILES string of the molecule is COCc1cccc(CN(N)/C=C(\N)c2cc(-c3cccc(C#N)c3)nc(NC(=O)C(C)(C)O)n2)n1. The summed E-state index contributed by atoms with van der Waals surface area (Å²) in [7, 11) is 1.60. The first-order valence-corrected chi connectivity index (χ1v) is 10.9. The Hall–Kier alpha value is -4.37. The number of aromatic nitrogens is 3. The average molecular weight is 489 g/mol. The number of ether oxygens (including phenoxy) is 1. The molecular formula is C25H28N8O3. The summed E-state index contributed by atoms with van der Waals surface area (Å²) >= 11 is 0. The highest BCUT2D eigenvalue weighted by molar-refractivity contribution is 5.95. The first-order valence-electron chi connectivity index (χ1n) is 10.9. The third-order valence-corrected chi connectivity index (χ3v) is 4.90. The quantitative estimate of drug-likeness (QED) is 0.257. The number of hydrazine groups is 1. The highest BCUT2D eigenvalue weighted by Gasteiger charge is 2.25. The molecule has 2 heterocycles. The number of methoxy groups -OCH3 is 1. The van der Waals surface area contributed by atoms with Crippen molar-refractivity contribution < 1.29 is 14.6 Å². The summed E-state index contributed by atoms with van der Waals surface area (Å²) < 4.78 is 5.12. The number of nitrogens with zero attached hydrogens (tertiary/aromatic N) is 5. The smallest absolute Gasteiger partial charge is 0.258 e. The van der Waals surface area contributed by atoms with Gasteiger partial charge in [-0.05, 0) is 44.2 Å². The third-order valence-electron chi connectivity index (χ3n) is 4.90. The summed E-state index contributed by atoms with van der Waals surface area (Å²) in [6, 6.07) is 16.1. The lowest BCUT2D eigenvalue weighted by Crippen LogP contribution is -2.37. The van der Waals surface area contributed by atoms with Crippen molar-refractivity contribution in [3.05, 3.63) is 77.4 Å². The molecule has 0 aliphatic carbocycles. The van der Waals surface area contributed by atoms with Crippen LogP contribution in [-0.4, -0.2) is 43.7 Å². The maximum absolute atomic E-state index is 12.3. The Morgan fingerprint density at radius 1 is 1.19 bits per heavy atom. The fourth-order valence-electron chi connectivity index (χ4n) is 3.12. The van der Waals surface area contributed by atoms with Crippen LogP contribution in [0.15, 0.2) is 54.7 Å². The van der Waals surface area contributed by atoms with Crippen molar-refractivity contribution in [2.75, 3.05) is 12.4 Å². The number of anilines is 1. The lowest BCUT2D eigenvalue weighted by atomic mass is 10.1. The number of aliphatic hydroxyl groups is 1. The number of benzene rings is 1. The van der Waals surface area contributed by atoms with Crippen LogP contribution in [0.25, 0.3) is 17.0 Å². The lowest BCUT2D eigenvalue weighted by molar-refractivity contribution is -0.130. The minimum Gasteiger partial charge on any atom is -0.396 e. The van der Waals surface area contributed by atoms with Crippen molar-refractivity contribution >= 4 is 17.6 Å². The summed E-state index contributed by atoms with van der Waals surface area (Å²) in [5.74, 6) is 5.40. The monoisotopic (exact) mass is 488 g/mol. The first kappa shape index (κ1) is 26.2. The fourth-order valence-corrected chi connectivity index (χ4v) is 3.12. The Bertz CT molecular complexity index is 1310. The number of carbonyl (C=O) groups is 1. The second kappa shape index (κ2) is 11.4. The first-order chi connectivity index (χ1) is 17.1. The molecule has 0 aliphatic heterocycles. The van der Waals surface area contributed by atoms with Gasteiger partial charge in [-0.2, -0.15) is 5.26 Å². The predicted octanol–water partition coefficient (Wildman–Crippen LogP) is 1.90. The van der Waals surface area contributed by atoms with Gasteiger partial charge in [0.2, 0.25) is 5.95 Å². The van der Waals surface area contributed by atoms with E-state index in [0.717, 1.165) is 5.69 Å². The van der Waals surface area contributed by atoms with Crippen LogP contribution in [0.4, 0.5) is 5.95 Å². The molecule has 2 aromatic heterocycles. The van der Waals surface area contributed by atoms with Crippen LogP contribution < -0.4 is 16.9 Å². The van der Waals surface area contributed by atoms with Crippen molar-refractivity contribution in [2.45, 2.75) is 32.6 Å². The molecule has 1 amide bonds. The Morgan fingerprint density at radius 2 is 1.92 bits per heavy atom. The van der Waals surface area contributed by atoms with Gasteiger partial charge in [-0.25, -0.2) is 15.8 Å². The molecule has 11 heteroatoms. The number of pyridine rings is 1. The zero-order valence-electron chi connectivity index (χ0n) is 20.3. The third kappa shape index (κ3) is 7.07. The number of hydrogen-bond acceptors (Lipinski definition) is 10. The number of nitriles is 1. The fraction of sp³-hybridized carbons (Fsp3) is 0.240. The van der Waals surface area contributed by atoms with E-state index in [-0.39, 0.29) is 23.9 Å².